The number of carbonyl (C=O) groups excluding carboxylic acids is 3. The van der Waals surface area contributed by atoms with Gasteiger partial charge in [0.05, 0.1) is 17.7 Å². The van der Waals surface area contributed by atoms with Crippen LogP contribution in [0, 0.1) is 0 Å². The van der Waals surface area contributed by atoms with Gasteiger partial charge in [-0.2, -0.15) is 0 Å². The zero-order valence-corrected chi connectivity index (χ0v) is 17.3. The second-order valence-electron chi connectivity index (χ2n) is 7.24. The molecule has 156 valence electrons. The van der Waals surface area contributed by atoms with E-state index in [9.17, 15) is 14.4 Å². The van der Waals surface area contributed by atoms with E-state index in [1.807, 2.05) is 13.0 Å². The number of ether oxygens (including phenoxy) is 1. The minimum absolute atomic E-state index is 0.154. The fourth-order valence-corrected chi connectivity index (χ4v) is 3.38. The molecule has 0 saturated heterocycles. The molecule has 2 N–H and O–H groups in total. The molecule has 0 fully saturated rings. The highest BCUT2D eigenvalue weighted by Gasteiger charge is 2.33. The Morgan fingerprint density at radius 3 is 2.03 bits per heavy atom. The van der Waals surface area contributed by atoms with E-state index in [4.69, 9.17) is 4.74 Å². The minimum Gasteiger partial charge on any atom is -0.462 e. The highest BCUT2D eigenvalue weighted by molar-refractivity contribution is 6.31. The number of fused-ring (bicyclic) bond motifs is 2. The van der Waals surface area contributed by atoms with E-state index in [1.165, 1.54) is 0 Å². The summed E-state index contributed by atoms with van der Waals surface area (Å²) in [7, 11) is 0. The van der Waals surface area contributed by atoms with E-state index >= 15 is 0 Å². The Morgan fingerprint density at radius 2 is 1.50 bits per heavy atom. The van der Waals surface area contributed by atoms with Gasteiger partial charge in [-0.3, -0.25) is 9.59 Å². The normalized spacial score (nSPS) is 12.1. The van der Waals surface area contributed by atoms with E-state index < -0.39 is 5.97 Å². The van der Waals surface area contributed by atoms with E-state index in [0.717, 1.165) is 6.42 Å². The first kappa shape index (κ1) is 21.3. The summed E-state index contributed by atoms with van der Waals surface area (Å²) in [4.78, 5) is 37.9. The fraction of sp³-hybridized carbons (Fsp3) is 0.292. The molecule has 3 rings (SSSR count). The van der Waals surface area contributed by atoms with Gasteiger partial charge in [0.1, 0.15) is 0 Å². The third kappa shape index (κ3) is 4.27. The summed E-state index contributed by atoms with van der Waals surface area (Å²) in [6.45, 7) is 8.64. The topological polar surface area (TPSA) is 84.5 Å². The molecule has 0 bridgehead atoms. The molecule has 30 heavy (non-hydrogen) atoms. The van der Waals surface area contributed by atoms with E-state index in [2.05, 4.69) is 17.2 Å². The Morgan fingerprint density at radius 1 is 0.933 bits per heavy atom. The van der Waals surface area contributed by atoms with E-state index in [1.54, 1.807) is 37.3 Å². The number of rotatable bonds is 9. The lowest BCUT2D eigenvalue weighted by Crippen LogP contribution is -2.24. The third-order valence-corrected chi connectivity index (χ3v) is 4.86. The number of nitrogens with one attached hydrogen (secondary N) is 2. The van der Waals surface area contributed by atoms with Crippen LogP contribution in [0.2, 0.25) is 0 Å². The minimum atomic E-state index is -0.420. The van der Waals surface area contributed by atoms with E-state index in [-0.39, 0.29) is 18.2 Å². The monoisotopic (exact) mass is 406 g/mol. The quantitative estimate of drug-likeness (QED) is 0.315. The van der Waals surface area contributed by atoms with Crippen LogP contribution in [0.15, 0.2) is 48.6 Å². The smallest absolute Gasteiger partial charge is 0.333 e. The molecule has 0 heterocycles. The summed E-state index contributed by atoms with van der Waals surface area (Å²) < 4.78 is 5.08. The molecule has 2 aromatic rings. The first-order chi connectivity index (χ1) is 14.5. The molecule has 0 spiro atoms. The van der Waals surface area contributed by atoms with Gasteiger partial charge in [-0.1, -0.05) is 37.8 Å². The summed E-state index contributed by atoms with van der Waals surface area (Å²) in [6.07, 6.45) is 1.47. The number of ketones is 2. The molecule has 0 atom stereocenters. The van der Waals surface area contributed by atoms with Crippen molar-refractivity contribution in [3.05, 3.63) is 70.8 Å². The summed E-state index contributed by atoms with van der Waals surface area (Å²) in [5.74, 6) is -0.744. The molecule has 0 unspecified atom stereocenters. The molecule has 1 aliphatic carbocycles. The zero-order chi connectivity index (χ0) is 21.7. The summed E-state index contributed by atoms with van der Waals surface area (Å²) >= 11 is 0. The van der Waals surface area contributed by atoms with Gasteiger partial charge in [-0.25, -0.2) is 4.79 Å². The molecule has 6 nitrogen and oxygen atoms in total. The molecule has 0 saturated carbocycles. The van der Waals surface area contributed by atoms with Crippen molar-refractivity contribution in [1.82, 2.24) is 0 Å². The van der Waals surface area contributed by atoms with Crippen LogP contribution < -0.4 is 10.6 Å². The summed E-state index contributed by atoms with van der Waals surface area (Å²) in [5.41, 5.74) is 3.28. The summed E-state index contributed by atoms with van der Waals surface area (Å²) in [5, 5.41) is 6.47. The lowest BCUT2D eigenvalue weighted by molar-refractivity contribution is -0.138. The van der Waals surface area contributed by atoms with Crippen LogP contribution in [0.5, 0.6) is 0 Å². The molecule has 2 aromatic carbocycles. The van der Waals surface area contributed by atoms with Crippen molar-refractivity contribution in [2.45, 2.75) is 26.7 Å². The first-order valence-electron chi connectivity index (χ1n) is 10.1. The van der Waals surface area contributed by atoms with Gasteiger partial charge in [0, 0.05) is 41.2 Å². The van der Waals surface area contributed by atoms with Gasteiger partial charge in [0.2, 0.25) is 0 Å². The Balaban J connectivity index is 1.81. The van der Waals surface area contributed by atoms with Crippen LogP contribution in [0.3, 0.4) is 0 Å². The highest BCUT2D eigenvalue weighted by Crippen LogP contribution is 2.35. The number of hydrogen-bond donors (Lipinski definition) is 2. The van der Waals surface area contributed by atoms with Crippen molar-refractivity contribution in [3.8, 4) is 0 Å². The van der Waals surface area contributed by atoms with Gasteiger partial charge in [0.15, 0.2) is 11.6 Å². The van der Waals surface area contributed by atoms with Crippen LogP contribution in [-0.4, -0.2) is 37.2 Å². The molecule has 0 aliphatic heterocycles. The SMILES string of the molecule is C=C(C)C(=O)OCCCNc1cccc2c1C(=O)c1c(NCCC)cccc1C2=O. The van der Waals surface area contributed by atoms with Gasteiger partial charge >= 0.3 is 5.97 Å². The van der Waals surface area contributed by atoms with Crippen LogP contribution in [0.4, 0.5) is 11.4 Å². The Kier molecular flexibility index (Phi) is 6.67. The van der Waals surface area contributed by atoms with Crippen molar-refractivity contribution >= 4 is 28.9 Å². The van der Waals surface area contributed by atoms with Gasteiger partial charge in [-0.05, 0) is 31.9 Å². The number of carbonyl (C=O) groups is 3. The van der Waals surface area contributed by atoms with Gasteiger partial charge in [-0.15, -0.1) is 0 Å². The summed E-state index contributed by atoms with van der Waals surface area (Å²) in [6, 6.07) is 10.6. The lowest BCUT2D eigenvalue weighted by atomic mass is 9.82. The highest BCUT2D eigenvalue weighted by atomic mass is 16.5. The van der Waals surface area contributed by atoms with Crippen molar-refractivity contribution in [2.24, 2.45) is 0 Å². The van der Waals surface area contributed by atoms with Crippen molar-refractivity contribution < 1.29 is 19.1 Å². The predicted octanol–water partition coefficient (Wildman–Crippen LogP) is 4.21. The number of esters is 1. The molecule has 0 amide bonds. The Labute approximate surface area is 176 Å². The number of anilines is 2. The standard InChI is InChI=1S/C24H26N2O4/c1-4-12-25-18-10-5-8-16-20(18)23(28)21-17(22(16)27)9-6-11-19(21)26-13-7-14-30-24(29)15(2)3/h5-6,8-11,25-26H,2,4,7,12-14H2,1,3H3. The van der Waals surface area contributed by atoms with Crippen LogP contribution in [0.25, 0.3) is 0 Å². The fourth-order valence-electron chi connectivity index (χ4n) is 3.38. The van der Waals surface area contributed by atoms with Crippen molar-refractivity contribution in [2.75, 3.05) is 30.3 Å². The molecule has 0 radical (unpaired) electrons. The maximum Gasteiger partial charge on any atom is 0.333 e. The maximum atomic E-state index is 13.4. The largest absolute Gasteiger partial charge is 0.462 e. The Hall–Kier alpha value is -3.41. The second-order valence-corrected chi connectivity index (χ2v) is 7.24. The Bertz CT molecular complexity index is 1010. The van der Waals surface area contributed by atoms with Crippen LogP contribution in [-0.2, 0) is 9.53 Å². The third-order valence-electron chi connectivity index (χ3n) is 4.86. The second kappa shape index (κ2) is 9.39. The number of hydrogen-bond acceptors (Lipinski definition) is 6. The molecule has 1 aliphatic rings. The average Bonchev–Trinajstić information content (AvgIpc) is 2.75. The molecule has 0 aromatic heterocycles. The van der Waals surface area contributed by atoms with E-state index in [0.29, 0.717) is 58.7 Å². The lowest BCUT2D eigenvalue weighted by Gasteiger charge is -2.23. The molecular formula is C24H26N2O4. The van der Waals surface area contributed by atoms with Crippen molar-refractivity contribution in [3.63, 3.8) is 0 Å². The molecular weight excluding hydrogens is 380 g/mol. The van der Waals surface area contributed by atoms with Crippen molar-refractivity contribution in [1.29, 1.82) is 0 Å². The predicted molar refractivity (Wildman–Crippen MR) is 117 cm³/mol. The number of benzene rings is 2. The average molecular weight is 406 g/mol. The van der Waals surface area contributed by atoms with Crippen LogP contribution >= 0.6 is 0 Å². The van der Waals surface area contributed by atoms with Gasteiger partial charge < -0.3 is 15.4 Å². The first-order valence-corrected chi connectivity index (χ1v) is 10.1. The molecule has 6 heteroatoms. The maximum absolute atomic E-state index is 13.4. The van der Waals surface area contributed by atoms with Gasteiger partial charge in [0.25, 0.3) is 0 Å². The van der Waals surface area contributed by atoms with Crippen LogP contribution in [0.1, 0.15) is 58.5 Å². The zero-order valence-electron chi connectivity index (χ0n) is 17.3.